The predicted octanol–water partition coefficient (Wildman–Crippen LogP) is 2.04. The smallest absolute Gasteiger partial charge is 0.407 e. The van der Waals surface area contributed by atoms with Gasteiger partial charge in [0.05, 0.1) is 0 Å². The highest BCUT2D eigenvalue weighted by Crippen LogP contribution is 2.25. The molecule has 1 saturated carbocycles. The largest absolute Gasteiger partial charge is 0.444 e. The minimum absolute atomic E-state index is 0.260. The van der Waals surface area contributed by atoms with E-state index in [1.54, 1.807) is 0 Å². The summed E-state index contributed by atoms with van der Waals surface area (Å²) in [4.78, 5) is 11.6. The molecule has 118 valence electrons. The number of aliphatic hydroxyl groups excluding tert-OH is 1. The fraction of sp³-hybridized carbons (Fsp3) is 0.933. The Kier molecular flexibility index (Phi) is 7.30. The molecule has 1 fully saturated rings. The summed E-state index contributed by atoms with van der Waals surface area (Å²) in [6, 6.07) is 0.476. The fourth-order valence-corrected chi connectivity index (χ4v) is 2.60. The molecule has 5 nitrogen and oxygen atoms in total. The van der Waals surface area contributed by atoms with Gasteiger partial charge in [0.15, 0.2) is 0 Å². The number of carbonyl (C=O) groups excluding carboxylic acids is 1. The summed E-state index contributed by atoms with van der Waals surface area (Å²) in [5.74, 6) is 0.483. The fourth-order valence-electron chi connectivity index (χ4n) is 2.60. The van der Waals surface area contributed by atoms with Crippen molar-refractivity contribution in [3.63, 3.8) is 0 Å². The van der Waals surface area contributed by atoms with Crippen LogP contribution in [0, 0.1) is 5.92 Å². The SMILES string of the molecule is CC(C)(C)OC(=O)NCC1CCCC1NCCCCO. The molecule has 1 amide bonds. The van der Waals surface area contributed by atoms with E-state index in [2.05, 4.69) is 10.6 Å². The molecule has 1 rings (SSSR count). The van der Waals surface area contributed by atoms with Gasteiger partial charge in [-0.3, -0.25) is 0 Å². The second kappa shape index (κ2) is 8.47. The number of rotatable bonds is 7. The van der Waals surface area contributed by atoms with Gasteiger partial charge in [-0.2, -0.15) is 0 Å². The Labute approximate surface area is 122 Å². The molecule has 0 aromatic heterocycles. The highest BCUT2D eigenvalue weighted by atomic mass is 16.6. The van der Waals surface area contributed by atoms with Crippen LogP contribution in [0.3, 0.4) is 0 Å². The first-order valence-corrected chi connectivity index (χ1v) is 7.73. The summed E-state index contributed by atoms with van der Waals surface area (Å²) in [7, 11) is 0. The third kappa shape index (κ3) is 7.10. The second-order valence-corrected chi connectivity index (χ2v) is 6.57. The van der Waals surface area contributed by atoms with Crippen molar-refractivity contribution in [1.29, 1.82) is 0 Å². The average Bonchev–Trinajstić information content (AvgIpc) is 2.77. The summed E-state index contributed by atoms with van der Waals surface area (Å²) in [6.07, 6.45) is 5.04. The first-order valence-electron chi connectivity index (χ1n) is 7.73. The van der Waals surface area contributed by atoms with Gasteiger partial charge in [0.2, 0.25) is 0 Å². The molecule has 20 heavy (non-hydrogen) atoms. The second-order valence-electron chi connectivity index (χ2n) is 6.57. The van der Waals surface area contributed by atoms with Crippen LogP contribution in [-0.4, -0.2) is 42.5 Å². The van der Waals surface area contributed by atoms with Crippen molar-refractivity contribution in [2.24, 2.45) is 5.92 Å². The van der Waals surface area contributed by atoms with Crippen molar-refractivity contribution in [3.05, 3.63) is 0 Å². The van der Waals surface area contributed by atoms with E-state index in [-0.39, 0.29) is 12.7 Å². The Balaban J connectivity index is 2.22. The molecule has 3 N–H and O–H groups in total. The summed E-state index contributed by atoms with van der Waals surface area (Å²) >= 11 is 0. The summed E-state index contributed by atoms with van der Waals surface area (Å²) in [6.45, 7) is 7.48. The van der Waals surface area contributed by atoms with Crippen molar-refractivity contribution in [3.8, 4) is 0 Å². The van der Waals surface area contributed by atoms with E-state index in [9.17, 15) is 4.79 Å². The standard InChI is InChI=1S/C15H30N2O3/c1-15(2,3)20-14(19)17-11-12-7-6-8-13(12)16-9-4-5-10-18/h12-13,16,18H,4-11H2,1-3H3,(H,17,19). The maximum atomic E-state index is 11.6. The van der Waals surface area contributed by atoms with Crippen molar-refractivity contribution in [2.45, 2.75) is 64.5 Å². The van der Waals surface area contributed by atoms with E-state index in [1.165, 1.54) is 12.8 Å². The summed E-state index contributed by atoms with van der Waals surface area (Å²) in [5.41, 5.74) is -0.443. The van der Waals surface area contributed by atoms with Gasteiger partial charge in [0.25, 0.3) is 0 Å². The summed E-state index contributed by atoms with van der Waals surface area (Å²) in [5, 5.41) is 15.2. The predicted molar refractivity (Wildman–Crippen MR) is 79.7 cm³/mol. The van der Waals surface area contributed by atoms with Gasteiger partial charge in [-0.1, -0.05) is 6.42 Å². The average molecular weight is 286 g/mol. The first-order chi connectivity index (χ1) is 9.42. The quantitative estimate of drug-likeness (QED) is 0.626. The number of alkyl carbamates (subject to hydrolysis) is 1. The first kappa shape index (κ1) is 17.2. The van der Waals surface area contributed by atoms with E-state index < -0.39 is 5.60 Å². The number of amides is 1. The van der Waals surface area contributed by atoms with Crippen LogP contribution in [0.15, 0.2) is 0 Å². The highest BCUT2D eigenvalue weighted by Gasteiger charge is 2.27. The topological polar surface area (TPSA) is 70.6 Å². The summed E-state index contributed by atoms with van der Waals surface area (Å²) < 4.78 is 5.25. The molecule has 0 aromatic rings. The van der Waals surface area contributed by atoms with Gasteiger partial charge >= 0.3 is 6.09 Å². The molecule has 2 unspecified atom stereocenters. The molecule has 1 aliphatic rings. The highest BCUT2D eigenvalue weighted by molar-refractivity contribution is 5.67. The van der Waals surface area contributed by atoms with E-state index in [0.29, 0.717) is 18.5 Å². The molecular weight excluding hydrogens is 256 g/mol. The van der Waals surface area contributed by atoms with Crippen molar-refractivity contribution in [1.82, 2.24) is 10.6 Å². The zero-order chi connectivity index (χ0) is 15.0. The number of hydrogen-bond donors (Lipinski definition) is 3. The molecule has 0 spiro atoms. The Morgan fingerprint density at radius 3 is 2.70 bits per heavy atom. The lowest BCUT2D eigenvalue weighted by molar-refractivity contribution is 0.0517. The molecule has 0 aromatic carbocycles. The van der Waals surface area contributed by atoms with Crippen LogP contribution in [0.4, 0.5) is 4.79 Å². The van der Waals surface area contributed by atoms with Gasteiger partial charge < -0.3 is 20.5 Å². The Bertz CT molecular complexity index is 289. The number of aliphatic hydroxyl groups is 1. The lowest BCUT2D eigenvalue weighted by Gasteiger charge is -2.23. The van der Waals surface area contributed by atoms with Crippen LogP contribution in [-0.2, 0) is 4.74 Å². The zero-order valence-corrected chi connectivity index (χ0v) is 13.1. The lowest BCUT2D eigenvalue weighted by Crippen LogP contribution is -2.41. The molecule has 1 aliphatic carbocycles. The number of unbranched alkanes of at least 4 members (excludes halogenated alkanes) is 1. The van der Waals surface area contributed by atoms with Crippen LogP contribution < -0.4 is 10.6 Å². The normalized spacial score (nSPS) is 22.8. The van der Waals surface area contributed by atoms with Gasteiger partial charge in [-0.25, -0.2) is 4.79 Å². The minimum atomic E-state index is -0.443. The van der Waals surface area contributed by atoms with Gasteiger partial charge in [-0.15, -0.1) is 0 Å². The third-order valence-electron chi connectivity index (χ3n) is 3.56. The van der Waals surface area contributed by atoms with Gasteiger partial charge in [-0.05, 0) is 58.9 Å². The minimum Gasteiger partial charge on any atom is -0.444 e. The maximum absolute atomic E-state index is 11.6. The van der Waals surface area contributed by atoms with E-state index in [1.807, 2.05) is 20.8 Å². The van der Waals surface area contributed by atoms with E-state index in [4.69, 9.17) is 9.84 Å². The number of carbonyl (C=O) groups is 1. The van der Waals surface area contributed by atoms with Gasteiger partial charge in [0, 0.05) is 19.2 Å². The molecule has 0 aliphatic heterocycles. The van der Waals surface area contributed by atoms with Crippen LogP contribution in [0.5, 0.6) is 0 Å². The lowest BCUT2D eigenvalue weighted by atomic mass is 10.0. The molecule has 2 atom stereocenters. The molecule has 0 radical (unpaired) electrons. The Morgan fingerprint density at radius 2 is 2.05 bits per heavy atom. The van der Waals surface area contributed by atoms with Gasteiger partial charge in [0.1, 0.15) is 5.60 Å². The molecular formula is C15H30N2O3. The van der Waals surface area contributed by atoms with Crippen molar-refractivity contribution >= 4 is 6.09 Å². The monoisotopic (exact) mass is 286 g/mol. The molecule has 5 heteroatoms. The van der Waals surface area contributed by atoms with Crippen LogP contribution in [0.1, 0.15) is 52.9 Å². The number of ether oxygens (including phenoxy) is 1. The maximum Gasteiger partial charge on any atom is 0.407 e. The Hall–Kier alpha value is -0.810. The van der Waals surface area contributed by atoms with E-state index in [0.717, 1.165) is 25.8 Å². The Morgan fingerprint density at radius 1 is 1.30 bits per heavy atom. The number of nitrogens with one attached hydrogen (secondary N) is 2. The van der Waals surface area contributed by atoms with Crippen LogP contribution in [0.25, 0.3) is 0 Å². The zero-order valence-electron chi connectivity index (χ0n) is 13.1. The van der Waals surface area contributed by atoms with Crippen molar-refractivity contribution in [2.75, 3.05) is 19.7 Å². The van der Waals surface area contributed by atoms with Crippen LogP contribution >= 0.6 is 0 Å². The molecule has 0 saturated heterocycles. The third-order valence-corrected chi connectivity index (χ3v) is 3.56. The number of hydrogen-bond acceptors (Lipinski definition) is 4. The van der Waals surface area contributed by atoms with Crippen LogP contribution in [0.2, 0.25) is 0 Å². The molecule has 0 bridgehead atoms. The van der Waals surface area contributed by atoms with Crippen molar-refractivity contribution < 1.29 is 14.6 Å². The van der Waals surface area contributed by atoms with E-state index >= 15 is 0 Å². The molecule has 0 heterocycles.